The first-order valence-electron chi connectivity index (χ1n) is 8.63. The topological polar surface area (TPSA) is 63.0 Å². The van der Waals surface area contributed by atoms with Crippen molar-refractivity contribution in [2.24, 2.45) is 5.73 Å². The Balaban J connectivity index is 1.84. The predicted octanol–water partition coefficient (Wildman–Crippen LogP) is 5.81. The van der Waals surface area contributed by atoms with Crippen LogP contribution in [0.4, 0.5) is 17.1 Å². The molecule has 0 aliphatic carbocycles. The van der Waals surface area contributed by atoms with Gasteiger partial charge in [-0.05, 0) is 60.7 Å². The van der Waals surface area contributed by atoms with Gasteiger partial charge in [0.2, 0.25) is 0 Å². The minimum absolute atomic E-state index is 0.536. The van der Waals surface area contributed by atoms with Crippen molar-refractivity contribution in [3.63, 3.8) is 0 Å². The number of halogens is 2. The molecule has 4 rings (SSSR count). The molecule has 0 bridgehead atoms. The third-order valence-electron chi connectivity index (χ3n) is 4.31. The van der Waals surface area contributed by atoms with Gasteiger partial charge in [0.1, 0.15) is 0 Å². The molecule has 4 N–H and O–H groups in total. The third kappa shape index (κ3) is 3.78. The lowest BCUT2D eigenvalue weighted by Gasteiger charge is -2.14. The number of hydrogen-bond acceptors (Lipinski definition) is 4. The predicted molar refractivity (Wildman–Crippen MR) is 117 cm³/mol. The molecule has 0 unspecified atom stereocenters. The molecular weight excluding hydrogens is 379 g/mol. The molecule has 0 aliphatic heterocycles. The van der Waals surface area contributed by atoms with Crippen LogP contribution in [0.1, 0.15) is 0 Å². The van der Waals surface area contributed by atoms with E-state index in [0.29, 0.717) is 23.1 Å². The fourth-order valence-electron chi connectivity index (χ4n) is 3.08. The summed E-state index contributed by atoms with van der Waals surface area (Å²) in [6.45, 7) is 1.20. The molecule has 4 aromatic rings. The van der Waals surface area contributed by atoms with Crippen molar-refractivity contribution in [3.8, 4) is 0 Å². The van der Waals surface area contributed by atoms with Crippen LogP contribution < -0.4 is 16.4 Å². The molecule has 0 saturated carbocycles. The molecule has 0 saturated heterocycles. The zero-order valence-corrected chi connectivity index (χ0v) is 16.0. The van der Waals surface area contributed by atoms with E-state index in [9.17, 15) is 0 Å². The van der Waals surface area contributed by atoms with Crippen LogP contribution >= 0.6 is 23.2 Å². The minimum Gasteiger partial charge on any atom is -0.383 e. The second-order valence-electron chi connectivity index (χ2n) is 6.23. The molecule has 4 nitrogen and oxygen atoms in total. The molecule has 0 spiro atoms. The van der Waals surface area contributed by atoms with Gasteiger partial charge in [-0.25, -0.2) is 4.98 Å². The second kappa shape index (κ2) is 7.61. The zero-order valence-electron chi connectivity index (χ0n) is 14.5. The lowest BCUT2D eigenvalue weighted by molar-refractivity contribution is 1.03. The first kappa shape index (κ1) is 17.9. The maximum absolute atomic E-state index is 6.22. The van der Waals surface area contributed by atoms with Crippen molar-refractivity contribution in [2.75, 3.05) is 23.7 Å². The van der Waals surface area contributed by atoms with E-state index in [2.05, 4.69) is 16.7 Å². The number of nitrogens with zero attached hydrogens (tertiary/aromatic N) is 1. The summed E-state index contributed by atoms with van der Waals surface area (Å²) in [4.78, 5) is 4.77. The summed E-state index contributed by atoms with van der Waals surface area (Å²) in [5, 5.41) is 10.2. The van der Waals surface area contributed by atoms with Gasteiger partial charge in [0.25, 0.3) is 0 Å². The van der Waals surface area contributed by atoms with Crippen LogP contribution in [0.3, 0.4) is 0 Å². The fourth-order valence-corrected chi connectivity index (χ4v) is 3.38. The van der Waals surface area contributed by atoms with Crippen molar-refractivity contribution in [1.29, 1.82) is 0 Å². The molecule has 27 heavy (non-hydrogen) atoms. The first-order valence-corrected chi connectivity index (χ1v) is 9.39. The Morgan fingerprint density at radius 1 is 0.778 bits per heavy atom. The number of fused-ring (bicyclic) bond motifs is 2. The Hall–Kier alpha value is -2.53. The number of nitrogens with two attached hydrogens (primary N) is 1. The summed E-state index contributed by atoms with van der Waals surface area (Å²) in [5.74, 6) is 0. The largest absolute Gasteiger partial charge is 0.383 e. The van der Waals surface area contributed by atoms with E-state index < -0.39 is 0 Å². The second-order valence-corrected chi connectivity index (χ2v) is 7.10. The van der Waals surface area contributed by atoms with Gasteiger partial charge in [-0.15, -0.1) is 0 Å². The van der Waals surface area contributed by atoms with Crippen molar-refractivity contribution in [1.82, 2.24) is 4.98 Å². The highest BCUT2D eigenvalue weighted by atomic mass is 35.5. The fraction of sp³-hybridized carbons (Fsp3) is 0.0952. The summed E-state index contributed by atoms with van der Waals surface area (Å²) in [7, 11) is 0. The molecule has 1 aromatic heterocycles. The molecule has 0 amide bonds. The van der Waals surface area contributed by atoms with Gasteiger partial charge in [0.05, 0.1) is 16.7 Å². The average molecular weight is 397 g/mol. The van der Waals surface area contributed by atoms with Gasteiger partial charge in [0, 0.05) is 45.3 Å². The summed E-state index contributed by atoms with van der Waals surface area (Å²) in [6, 6.07) is 19.4. The van der Waals surface area contributed by atoms with E-state index in [1.807, 2.05) is 54.6 Å². The average Bonchev–Trinajstić information content (AvgIpc) is 2.67. The summed E-state index contributed by atoms with van der Waals surface area (Å²) >= 11 is 12.2. The summed E-state index contributed by atoms with van der Waals surface area (Å²) in [5.41, 5.74) is 10.4. The number of aromatic nitrogens is 1. The van der Waals surface area contributed by atoms with Crippen molar-refractivity contribution in [2.45, 2.75) is 0 Å². The van der Waals surface area contributed by atoms with E-state index in [1.165, 1.54) is 0 Å². The quantitative estimate of drug-likeness (QED) is 0.372. The number of benzene rings is 3. The molecule has 0 atom stereocenters. The normalized spacial score (nSPS) is 11.1. The Morgan fingerprint density at radius 3 is 2.15 bits per heavy atom. The van der Waals surface area contributed by atoms with Crippen LogP contribution in [0, 0.1) is 0 Å². The Morgan fingerprint density at radius 2 is 1.41 bits per heavy atom. The summed E-state index contributed by atoms with van der Waals surface area (Å²) in [6.07, 6.45) is 0. The van der Waals surface area contributed by atoms with Gasteiger partial charge in [-0.2, -0.15) is 0 Å². The highest BCUT2D eigenvalue weighted by Crippen LogP contribution is 2.34. The molecule has 0 fully saturated rings. The summed E-state index contributed by atoms with van der Waals surface area (Å²) < 4.78 is 0. The molecule has 136 valence electrons. The van der Waals surface area contributed by atoms with Crippen LogP contribution in [0.2, 0.25) is 10.0 Å². The van der Waals surface area contributed by atoms with Crippen molar-refractivity contribution in [3.05, 3.63) is 70.7 Å². The monoisotopic (exact) mass is 396 g/mol. The smallest absolute Gasteiger partial charge is 0.0732 e. The number of pyridine rings is 1. The Bertz CT molecular complexity index is 1110. The number of rotatable bonds is 5. The zero-order chi connectivity index (χ0) is 18.8. The lowest BCUT2D eigenvalue weighted by atomic mass is 10.1. The first-order chi connectivity index (χ1) is 13.1. The van der Waals surface area contributed by atoms with E-state index in [4.69, 9.17) is 33.9 Å². The molecule has 1 heterocycles. The Kier molecular flexibility index (Phi) is 5.03. The highest BCUT2D eigenvalue weighted by molar-refractivity contribution is 6.31. The lowest BCUT2D eigenvalue weighted by Crippen LogP contribution is -2.13. The van der Waals surface area contributed by atoms with Gasteiger partial charge in [-0.1, -0.05) is 23.2 Å². The number of hydrogen-bond donors (Lipinski definition) is 3. The van der Waals surface area contributed by atoms with Crippen molar-refractivity contribution >= 4 is 62.1 Å². The number of nitrogens with one attached hydrogen (secondary N) is 2. The van der Waals surface area contributed by atoms with Gasteiger partial charge in [0.15, 0.2) is 0 Å². The maximum Gasteiger partial charge on any atom is 0.0732 e. The molecule has 6 heteroatoms. The standard InChI is InChI=1S/C21H18Cl2N4/c22-13-1-4-15(5-2-13)26-16-6-8-20-18(12-16)21(25-10-9-24)17-11-14(23)3-7-19(17)27-20/h1-8,11-12,26H,9-10,24H2,(H,25,27). The Labute approximate surface area is 167 Å². The van der Waals surface area contributed by atoms with Crippen LogP contribution in [0.25, 0.3) is 21.8 Å². The van der Waals surface area contributed by atoms with E-state index in [0.717, 1.165) is 38.9 Å². The van der Waals surface area contributed by atoms with Crippen molar-refractivity contribution < 1.29 is 0 Å². The van der Waals surface area contributed by atoms with E-state index in [-0.39, 0.29) is 0 Å². The van der Waals surface area contributed by atoms with Crippen LogP contribution in [-0.2, 0) is 0 Å². The van der Waals surface area contributed by atoms with Gasteiger partial charge >= 0.3 is 0 Å². The third-order valence-corrected chi connectivity index (χ3v) is 4.80. The minimum atomic E-state index is 0.536. The molecular formula is C21H18Cl2N4. The molecule has 3 aromatic carbocycles. The highest BCUT2D eigenvalue weighted by Gasteiger charge is 2.10. The van der Waals surface area contributed by atoms with Crippen LogP contribution in [-0.4, -0.2) is 18.1 Å². The van der Waals surface area contributed by atoms with E-state index >= 15 is 0 Å². The van der Waals surface area contributed by atoms with E-state index in [1.54, 1.807) is 0 Å². The molecule has 0 aliphatic rings. The SMILES string of the molecule is NCCNc1c2cc(Cl)ccc2nc2ccc(Nc3ccc(Cl)cc3)cc12. The number of anilines is 3. The van der Waals surface area contributed by atoms with Crippen LogP contribution in [0.5, 0.6) is 0 Å². The molecule has 0 radical (unpaired) electrons. The maximum atomic E-state index is 6.22. The van der Waals surface area contributed by atoms with Gasteiger partial charge in [-0.3, -0.25) is 0 Å². The van der Waals surface area contributed by atoms with Crippen LogP contribution in [0.15, 0.2) is 60.7 Å². The van der Waals surface area contributed by atoms with Gasteiger partial charge < -0.3 is 16.4 Å².